The Morgan fingerprint density at radius 1 is 1.19 bits per heavy atom. The fourth-order valence-electron chi connectivity index (χ4n) is 4.99. The van der Waals surface area contributed by atoms with E-state index in [0.717, 1.165) is 22.7 Å². The second-order valence-electron chi connectivity index (χ2n) is 9.54. The Morgan fingerprint density at radius 2 is 1.88 bits per heavy atom. The number of hydrogen-bond acceptors (Lipinski definition) is 6. The van der Waals surface area contributed by atoms with Crippen LogP contribution in [0.3, 0.4) is 0 Å². The van der Waals surface area contributed by atoms with Crippen LogP contribution in [0.5, 0.6) is 0 Å². The maximum atomic E-state index is 12.6. The van der Waals surface area contributed by atoms with Crippen molar-refractivity contribution in [2.75, 3.05) is 5.73 Å². The minimum Gasteiger partial charge on any atom is -0.383 e. The summed E-state index contributed by atoms with van der Waals surface area (Å²) in [6.07, 6.45) is 4.14. The molecule has 3 aliphatic carbocycles. The normalized spacial score (nSPS) is 21.3. The van der Waals surface area contributed by atoms with Gasteiger partial charge in [-0.3, -0.25) is 9.59 Å². The molecule has 8 nitrogen and oxygen atoms in total. The zero-order chi connectivity index (χ0) is 22.6. The summed E-state index contributed by atoms with van der Waals surface area (Å²) < 4.78 is 7.02. The van der Waals surface area contributed by atoms with E-state index in [9.17, 15) is 9.59 Å². The summed E-state index contributed by atoms with van der Waals surface area (Å²) in [5.41, 5.74) is 15.1. The molecule has 0 saturated heterocycles. The number of nitrogens with two attached hydrogens (primary N) is 2. The number of carbonyl (C=O) groups is 2. The standard InChI is InChI=1S/C24H27N5O3/c1-13(2)29-22(25)20(23(26)31)21(27-29)16-5-3-14(4-6-16)7-17(30)8-18-9-19(28-32-18)24-10-15(11-24)12-24/h3-6,9,13,15H,7-8,10-12,25H2,1-2H3,(H2,26,31). The number of rotatable bonds is 8. The van der Waals surface area contributed by atoms with E-state index < -0.39 is 5.91 Å². The Kier molecular flexibility index (Phi) is 4.69. The Morgan fingerprint density at radius 3 is 2.44 bits per heavy atom. The molecule has 0 atom stereocenters. The molecule has 2 heterocycles. The number of primary amides is 1. The number of anilines is 1. The van der Waals surface area contributed by atoms with Crippen LogP contribution < -0.4 is 11.5 Å². The van der Waals surface area contributed by atoms with Crippen LogP contribution in [-0.4, -0.2) is 26.6 Å². The van der Waals surface area contributed by atoms with Crippen LogP contribution in [0.2, 0.25) is 0 Å². The number of carbonyl (C=O) groups excluding carboxylic acids is 2. The van der Waals surface area contributed by atoms with Crippen molar-refractivity contribution in [3.8, 4) is 11.3 Å². The zero-order valence-electron chi connectivity index (χ0n) is 18.3. The van der Waals surface area contributed by atoms with E-state index in [1.165, 1.54) is 19.3 Å². The fraction of sp³-hybridized carbons (Fsp3) is 0.417. The van der Waals surface area contributed by atoms with Gasteiger partial charge in [0.2, 0.25) is 0 Å². The van der Waals surface area contributed by atoms with E-state index in [-0.39, 0.29) is 41.5 Å². The largest absolute Gasteiger partial charge is 0.383 e. The highest BCUT2D eigenvalue weighted by atomic mass is 16.5. The Balaban J connectivity index is 1.27. The lowest BCUT2D eigenvalue weighted by Gasteiger charge is -2.60. The topological polar surface area (TPSA) is 130 Å². The van der Waals surface area contributed by atoms with E-state index in [2.05, 4.69) is 10.3 Å². The molecule has 3 fully saturated rings. The number of amides is 1. The number of nitrogens with zero attached hydrogens (tertiary/aromatic N) is 3. The molecular weight excluding hydrogens is 406 g/mol. The van der Waals surface area contributed by atoms with Crippen molar-refractivity contribution in [3.05, 3.63) is 52.9 Å². The lowest BCUT2D eigenvalue weighted by molar-refractivity contribution is -0.118. The highest BCUT2D eigenvalue weighted by Gasteiger charge is 2.59. The third kappa shape index (κ3) is 3.30. The third-order valence-corrected chi connectivity index (χ3v) is 6.82. The first-order chi connectivity index (χ1) is 15.3. The van der Waals surface area contributed by atoms with Gasteiger partial charge < -0.3 is 16.0 Å². The van der Waals surface area contributed by atoms with Gasteiger partial charge in [-0.25, -0.2) is 4.68 Å². The van der Waals surface area contributed by atoms with E-state index in [4.69, 9.17) is 16.0 Å². The smallest absolute Gasteiger partial charge is 0.254 e. The number of hydrogen-bond donors (Lipinski definition) is 2. The molecule has 0 unspecified atom stereocenters. The lowest BCUT2D eigenvalue weighted by Crippen LogP contribution is -2.55. The van der Waals surface area contributed by atoms with Crippen molar-refractivity contribution in [1.82, 2.24) is 14.9 Å². The molecule has 8 heteroatoms. The summed E-state index contributed by atoms with van der Waals surface area (Å²) in [5, 5.41) is 8.70. The SMILES string of the molecule is CC(C)n1nc(-c2ccc(CC(=O)Cc3cc(C45CC(C4)C5)no3)cc2)c(C(N)=O)c1N. The van der Waals surface area contributed by atoms with Crippen LogP contribution in [0.25, 0.3) is 11.3 Å². The molecule has 3 saturated carbocycles. The molecule has 32 heavy (non-hydrogen) atoms. The van der Waals surface area contributed by atoms with Gasteiger partial charge in [-0.1, -0.05) is 29.4 Å². The Hall–Kier alpha value is -3.42. The first-order valence-electron chi connectivity index (χ1n) is 11.0. The Bertz CT molecular complexity index is 1190. The molecular formula is C24H27N5O3. The first-order valence-corrected chi connectivity index (χ1v) is 11.0. The van der Waals surface area contributed by atoms with Crippen LogP contribution in [0.15, 0.2) is 34.9 Å². The molecule has 4 N–H and O–H groups in total. The predicted molar refractivity (Wildman–Crippen MR) is 119 cm³/mol. The molecule has 0 radical (unpaired) electrons. The summed E-state index contributed by atoms with van der Waals surface area (Å²) in [5.74, 6) is 1.20. The van der Waals surface area contributed by atoms with Crippen LogP contribution in [0.4, 0.5) is 5.82 Å². The summed E-state index contributed by atoms with van der Waals surface area (Å²) >= 11 is 0. The van der Waals surface area contributed by atoms with E-state index in [0.29, 0.717) is 11.5 Å². The highest BCUT2D eigenvalue weighted by Crippen LogP contribution is 2.64. The quantitative estimate of drug-likeness (QED) is 0.561. The van der Waals surface area contributed by atoms with Gasteiger partial charge in [0.15, 0.2) is 0 Å². The van der Waals surface area contributed by atoms with Gasteiger partial charge >= 0.3 is 0 Å². The number of benzene rings is 1. The van der Waals surface area contributed by atoms with E-state index >= 15 is 0 Å². The van der Waals surface area contributed by atoms with Crippen molar-refractivity contribution >= 4 is 17.5 Å². The lowest BCUT2D eigenvalue weighted by atomic mass is 9.43. The Labute approximate surface area is 185 Å². The van der Waals surface area contributed by atoms with Crippen molar-refractivity contribution in [2.24, 2.45) is 11.7 Å². The molecule has 1 aromatic carbocycles. The average molecular weight is 434 g/mol. The maximum absolute atomic E-state index is 12.6. The molecule has 2 bridgehead atoms. The number of aromatic nitrogens is 3. The first kappa shape index (κ1) is 20.5. The molecule has 6 rings (SSSR count). The summed E-state index contributed by atoms with van der Waals surface area (Å²) in [4.78, 5) is 24.5. The number of ketones is 1. The molecule has 0 aliphatic heterocycles. The third-order valence-electron chi connectivity index (χ3n) is 6.82. The summed E-state index contributed by atoms with van der Waals surface area (Å²) in [6.45, 7) is 3.86. The molecule has 0 spiro atoms. The van der Waals surface area contributed by atoms with Crippen LogP contribution in [0.1, 0.15) is 66.5 Å². The van der Waals surface area contributed by atoms with Gasteiger partial charge in [-0.15, -0.1) is 0 Å². The van der Waals surface area contributed by atoms with Crippen molar-refractivity contribution < 1.29 is 14.1 Å². The van der Waals surface area contributed by atoms with Crippen LogP contribution in [-0.2, 0) is 23.1 Å². The molecule has 1 amide bonds. The van der Waals surface area contributed by atoms with Crippen molar-refractivity contribution in [2.45, 2.75) is 57.4 Å². The van der Waals surface area contributed by atoms with Crippen LogP contribution in [0, 0.1) is 5.92 Å². The van der Waals surface area contributed by atoms with Crippen LogP contribution >= 0.6 is 0 Å². The predicted octanol–water partition coefficient (Wildman–Crippen LogP) is 3.21. The van der Waals surface area contributed by atoms with Gasteiger partial charge in [0.25, 0.3) is 5.91 Å². The number of Topliss-reactive ketones (excluding diaryl/α,β-unsaturated/α-hetero) is 1. The molecule has 166 valence electrons. The molecule has 3 aliphatic rings. The van der Waals surface area contributed by atoms with Gasteiger partial charge in [0.05, 0.1) is 12.1 Å². The monoisotopic (exact) mass is 433 g/mol. The fourth-order valence-corrected chi connectivity index (χ4v) is 4.99. The second kappa shape index (κ2) is 7.32. The van der Waals surface area contributed by atoms with Gasteiger partial charge in [0, 0.05) is 29.5 Å². The highest BCUT2D eigenvalue weighted by molar-refractivity contribution is 6.03. The van der Waals surface area contributed by atoms with Crippen molar-refractivity contribution in [1.29, 1.82) is 0 Å². The van der Waals surface area contributed by atoms with E-state index in [1.54, 1.807) is 4.68 Å². The minimum atomic E-state index is -0.617. The maximum Gasteiger partial charge on any atom is 0.254 e. The molecule has 2 aromatic heterocycles. The van der Waals surface area contributed by atoms with E-state index in [1.807, 2.05) is 44.2 Å². The van der Waals surface area contributed by atoms with Gasteiger partial charge in [0.1, 0.15) is 28.6 Å². The average Bonchev–Trinajstić information content (AvgIpc) is 3.24. The number of nitrogen functional groups attached to an aromatic ring is 1. The van der Waals surface area contributed by atoms with Gasteiger partial charge in [-0.05, 0) is 44.6 Å². The molecule has 3 aromatic rings. The van der Waals surface area contributed by atoms with Gasteiger partial charge in [-0.2, -0.15) is 5.10 Å². The zero-order valence-corrected chi connectivity index (χ0v) is 18.3. The van der Waals surface area contributed by atoms with Crippen molar-refractivity contribution in [3.63, 3.8) is 0 Å². The summed E-state index contributed by atoms with van der Waals surface area (Å²) in [6, 6.07) is 9.32. The minimum absolute atomic E-state index is 0.00929. The second-order valence-corrected chi connectivity index (χ2v) is 9.54. The summed E-state index contributed by atoms with van der Waals surface area (Å²) in [7, 11) is 0.